The molecule has 2 heterocycles. The number of ketones is 1. The fraction of sp³-hybridized carbons (Fsp3) is 0.444. The molecule has 122 valence electrons. The Morgan fingerprint density at radius 1 is 1.43 bits per heavy atom. The molecule has 5 nitrogen and oxygen atoms in total. The van der Waals surface area contributed by atoms with Gasteiger partial charge in [-0.3, -0.25) is 9.59 Å². The maximum atomic E-state index is 12.6. The van der Waals surface area contributed by atoms with E-state index in [-0.39, 0.29) is 17.9 Å². The van der Waals surface area contributed by atoms with Crippen molar-refractivity contribution in [3.05, 3.63) is 47.7 Å². The topological polar surface area (TPSA) is 68.5 Å². The lowest BCUT2D eigenvalue weighted by Crippen LogP contribution is -2.41. The van der Waals surface area contributed by atoms with E-state index < -0.39 is 11.8 Å². The van der Waals surface area contributed by atoms with Gasteiger partial charge >= 0.3 is 5.97 Å². The van der Waals surface area contributed by atoms with Crippen LogP contribution in [-0.2, 0) is 14.3 Å². The molecule has 2 unspecified atom stereocenters. The second-order valence-corrected chi connectivity index (χ2v) is 6.28. The van der Waals surface area contributed by atoms with Gasteiger partial charge in [0.1, 0.15) is 11.7 Å². The Bertz CT molecular complexity index is 669. The lowest BCUT2D eigenvalue weighted by atomic mass is 9.73. The van der Waals surface area contributed by atoms with Crippen molar-refractivity contribution in [2.75, 3.05) is 0 Å². The number of furan rings is 1. The molecule has 5 heteroatoms. The maximum absolute atomic E-state index is 12.6. The molecule has 1 aromatic rings. The Morgan fingerprint density at radius 2 is 2.22 bits per heavy atom. The molecule has 2 aliphatic rings. The first-order valence-electron chi connectivity index (χ1n) is 7.95. The molecule has 1 aliphatic heterocycles. The van der Waals surface area contributed by atoms with E-state index in [0.29, 0.717) is 23.5 Å². The molecule has 0 bridgehead atoms. The minimum absolute atomic E-state index is 0.0648. The van der Waals surface area contributed by atoms with Gasteiger partial charge in [0.05, 0.1) is 18.3 Å². The minimum atomic E-state index is -0.663. The summed E-state index contributed by atoms with van der Waals surface area (Å²) in [4.78, 5) is 25.1. The molecule has 0 radical (unpaired) electrons. The molecule has 23 heavy (non-hydrogen) atoms. The van der Waals surface area contributed by atoms with E-state index in [4.69, 9.17) is 9.15 Å². The Morgan fingerprint density at radius 3 is 2.87 bits per heavy atom. The number of Topliss-reactive ketones (excluding diaryl/α,β-unsaturated/α-hetero) is 1. The van der Waals surface area contributed by atoms with Crippen molar-refractivity contribution >= 4 is 11.8 Å². The number of carbonyl (C=O) groups excluding carboxylic acids is 2. The van der Waals surface area contributed by atoms with Crippen molar-refractivity contribution in [1.82, 2.24) is 5.32 Å². The van der Waals surface area contributed by atoms with Crippen LogP contribution in [0.25, 0.3) is 0 Å². The molecular formula is C18H21NO4. The summed E-state index contributed by atoms with van der Waals surface area (Å²) in [5.74, 6) is -0.850. The molecule has 1 N–H and O–H groups in total. The standard InChI is InChI=1S/C18H21NO4/c1-10(2)23-18(21)15-11(3)19-12-6-4-7-13(20)16(12)17(15)14-8-5-9-22-14/h5,8-10,15,17,19H,3-4,6-7H2,1-2H3. The van der Waals surface area contributed by atoms with Crippen LogP contribution in [0.5, 0.6) is 0 Å². The van der Waals surface area contributed by atoms with E-state index in [1.807, 2.05) is 0 Å². The van der Waals surface area contributed by atoms with Gasteiger partial charge in [-0.25, -0.2) is 0 Å². The van der Waals surface area contributed by atoms with Crippen molar-refractivity contribution in [1.29, 1.82) is 0 Å². The largest absolute Gasteiger partial charge is 0.469 e. The predicted octanol–water partition coefficient (Wildman–Crippen LogP) is 3.06. The summed E-state index contributed by atoms with van der Waals surface area (Å²) < 4.78 is 10.9. The van der Waals surface area contributed by atoms with Crippen molar-refractivity contribution in [2.24, 2.45) is 5.92 Å². The summed E-state index contributed by atoms with van der Waals surface area (Å²) >= 11 is 0. The van der Waals surface area contributed by atoms with Crippen LogP contribution < -0.4 is 5.32 Å². The molecule has 0 fully saturated rings. The van der Waals surface area contributed by atoms with Crippen LogP contribution in [0.3, 0.4) is 0 Å². The smallest absolute Gasteiger partial charge is 0.316 e. The van der Waals surface area contributed by atoms with Crippen LogP contribution >= 0.6 is 0 Å². The second-order valence-electron chi connectivity index (χ2n) is 6.28. The Hall–Kier alpha value is -2.30. The summed E-state index contributed by atoms with van der Waals surface area (Å²) in [6.45, 7) is 7.60. The van der Waals surface area contributed by atoms with Crippen LogP contribution in [0.4, 0.5) is 0 Å². The predicted molar refractivity (Wildman–Crippen MR) is 84.3 cm³/mol. The van der Waals surface area contributed by atoms with Gasteiger partial charge in [-0.2, -0.15) is 0 Å². The average Bonchev–Trinajstić information content (AvgIpc) is 2.99. The second kappa shape index (κ2) is 6.07. The van der Waals surface area contributed by atoms with E-state index in [1.54, 1.807) is 32.2 Å². The van der Waals surface area contributed by atoms with E-state index in [2.05, 4.69) is 11.9 Å². The Labute approximate surface area is 135 Å². The first-order chi connectivity index (χ1) is 11.0. The SMILES string of the molecule is C=C1NC2=C(C(=O)CCC2)C(c2ccco2)C1C(=O)OC(C)C. The number of esters is 1. The molecular weight excluding hydrogens is 294 g/mol. The van der Waals surface area contributed by atoms with Crippen molar-refractivity contribution in [3.63, 3.8) is 0 Å². The van der Waals surface area contributed by atoms with Gasteiger partial charge in [-0.15, -0.1) is 0 Å². The third kappa shape index (κ3) is 2.83. The molecule has 0 saturated heterocycles. The zero-order valence-electron chi connectivity index (χ0n) is 13.4. The molecule has 1 aromatic heterocycles. The van der Waals surface area contributed by atoms with Gasteiger partial charge in [0.25, 0.3) is 0 Å². The number of allylic oxidation sites excluding steroid dienone is 2. The monoisotopic (exact) mass is 315 g/mol. The summed E-state index contributed by atoms with van der Waals surface area (Å²) in [6, 6.07) is 3.56. The number of nitrogens with one attached hydrogen (secondary N) is 1. The molecule has 0 aromatic carbocycles. The third-order valence-corrected chi connectivity index (χ3v) is 4.24. The average molecular weight is 315 g/mol. The van der Waals surface area contributed by atoms with E-state index >= 15 is 0 Å². The van der Waals surface area contributed by atoms with Gasteiger partial charge in [-0.05, 0) is 38.8 Å². The maximum Gasteiger partial charge on any atom is 0.316 e. The summed E-state index contributed by atoms with van der Waals surface area (Å²) in [5, 5.41) is 3.17. The lowest BCUT2D eigenvalue weighted by Gasteiger charge is -2.37. The Kier molecular flexibility index (Phi) is 4.11. The fourth-order valence-corrected chi connectivity index (χ4v) is 3.35. The summed E-state index contributed by atoms with van der Waals surface area (Å²) in [7, 11) is 0. The van der Waals surface area contributed by atoms with Crippen molar-refractivity contribution in [3.8, 4) is 0 Å². The third-order valence-electron chi connectivity index (χ3n) is 4.24. The normalized spacial score (nSPS) is 24.5. The number of ether oxygens (including phenoxy) is 1. The van der Waals surface area contributed by atoms with Gasteiger partial charge in [0, 0.05) is 23.4 Å². The quantitative estimate of drug-likeness (QED) is 0.868. The van der Waals surface area contributed by atoms with Crippen molar-refractivity contribution < 1.29 is 18.7 Å². The van der Waals surface area contributed by atoms with E-state index in [1.165, 1.54) is 0 Å². The molecule has 0 amide bonds. The van der Waals surface area contributed by atoms with Gasteiger partial charge in [-0.1, -0.05) is 6.58 Å². The van der Waals surface area contributed by atoms with Crippen LogP contribution in [-0.4, -0.2) is 17.9 Å². The summed E-state index contributed by atoms with van der Waals surface area (Å²) in [5.41, 5.74) is 2.07. The number of carbonyl (C=O) groups is 2. The van der Waals surface area contributed by atoms with Crippen LogP contribution in [0.1, 0.15) is 44.8 Å². The first kappa shape index (κ1) is 15.6. The van der Waals surface area contributed by atoms with Gasteiger partial charge < -0.3 is 14.5 Å². The number of hydrogen-bond donors (Lipinski definition) is 1. The van der Waals surface area contributed by atoms with Crippen LogP contribution in [0.15, 0.2) is 46.4 Å². The highest BCUT2D eigenvalue weighted by atomic mass is 16.5. The van der Waals surface area contributed by atoms with Gasteiger partial charge in [0.2, 0.25) is 0 Å². The highest BCUT2D eigenvalue weighted by Crippen LogP contribution is 2.44. The van der Waals surface area contributed by atoms with E-state index in [0.717, 1.165) is 18.5 Å². The zero-order chi connectivity index (χ0) is 16.6. The zero-order valence-corrected chi connectivity index (χ0v) is 13.4. The molecule has 0 saturated carbocycles. The summed E-state index contributed by atoms with van der Waals surface area (Å²) in [6.07, 6.45) is 3.41. The highest BCUT2D eigenvalue weighted by molar-refractivity contribution is 6.00. The molecule has 2 atom stereocenters. The first-order valence-corrected chi connectivity index (χ1v) is 7.95. The van der Waals surface area contributed by atoms with Crippen LogP contribution in [0, 0.1) is 5.92 Å². The minimum Gasteiger partial charge on any atom is -0.469 e. The number of hydrogen-bond acceptors (Lipinski definition) is 5. The van der Waals surface area contributed by atoms with Crippen LogP contribution in [0.2, 0.25) is 0 Å². The molecule has 0 spiro atoms. The van der Waals surface area contributed by atoms with Gasteiger partial charge in [0.15, 0.2) is 5.78 Å². The molecule has 1 aliphatic carbocycles. The van der Waals surface area contributed by atoms with Crippen molar-refractivity contribution in [2.45, 2.75) is 45.1 Å². The fourth-order valence-electron chi connectivity index (χ4n) is 3.35. The van der Waals surface area contributed by atoms with E-state index in [9.17, 15) is 9.59 Å². The lowest BCUT2D eigenvalue weighted by molar-refractivity contribution is -0.151. The highest BCUT2D eigenvalue weighted by Gasteiger charge is 2.45. The Balaban J connectivity index is 2.08. The number of rotatable bonds is 3. The molecule has 3 rings (SSSR count).